The van der Waals surface area contributed by atoms with Crippen molar-refractivity contribution in [3.8, 4) is 0 Å². The summed E-state index contributed by atoms with van der Waals surface area (Å²) in [6, 6.07) is 7.41. The Kier molecular flexibility index (Phi) is 10.9. The molecule has 0 radical (unpaired) electrons. The third-order valence-corrected chi connectivity index (χ3v) is 6.76. The Bertz CT molecular complexity index is 1080. The van der Waals surface area contributed by atoms with Gasteiger partial charge in [0.1, 0.15) is 18.0 Å². The van der Waals surface area contributed by atoms with Crippen molar-refractivity contribution in [1.29, 1.82) is 0 Å². The highest BCUT2D eigenvalue weighted by atomic mass is 19.1. The van der Waals surface area contributed by atoms with Gasteiger partial charge in [-0.1, -0.05) is 0 Å². The lowest BCUT2D eigenvalue weighted by Gasteiger charge is -2.33. The van der Waals surface area contributed by atoms with Gasteiger partial charge in [0.25, 0.3) is 0 Å². The molecule has 2 aromatic carbocycles. The number of nitrogens with zero attached hydrogens (tertiary/aromatic N) is 1. The predicted molar refractivity (Wildman–Crippen MR) is 152 cm³/mol. The van der Waals surface area contributed by atoms with Crippen LogP contribution in [0.2, 0.25) is 0 Å². The molecule has 0 bridgehead atoms. The third-order valence-electron chi connectivity index (χ3n) is 6.76. The summed E-state index contributed by atoms with van der Waals surface area (Å²) < 4.78 is 18.0. The van der Waals surface area contributed by atoms with Gasteiger partial charge in [-0.2, -0.15) is 0 Å². The van der Waals surface area contributed by atoms with E-state index in [2.05, 4.69) is 20.9 Å². The molecule has 38 heavy (non-hydrogen) atoms. The number of anilines is 3. The summed E-state index contributed by atoms with van der Waals surface area (Å²) >= 11 is 0. The molecule has 3 rings (SSSR count). The highest BCUT2D eigenvalue weighted by Crippen LogP contribution is 2.34. The zero-order valence-corrected chi connectivity index (χ0v) is 23.9. The number of carbonyl (C=O) groups excluding carboxylic acids is 1. The van der Waals surface area contributed by atoms with E-state index < -0.39 is 17.7 Å². The van der Waals surface area contributed by atoms with Crippen LogP contribution in [0.1, 0.15) is 55.9 Å². The minimum absolute atomic E-state index is 0.153. The monoisotopic (exact) mass is 530 g/mol. The predicted octanol–water partition coefficient (Wildman–Crippen LogP) is 5.78. The number of nitrogens with one attached hydrogen (secondary N) is 3. The summed E-state index contributed by atoms with van der Waals surface area (Å²) in [5.74, 6) is -1.08. The molecule has 0 unspecified atom stereocenters. The van der Waals surface area contributed by atoms with Crippen molar-refractivity contribution in [2.45, 2.75) is 73.0 Å². The molecule has 0 spiro atoms. The minimum Gasteiger partial charge on any atom is -0.480 e. The van der Waals surface area contributed by atoms with Gasteiger partial charge in [0.15, 0.2) is 0 Å². The number of carboxylic acid groups (broad SMARTS) is 1. The maximum Gasteiger partial charge on any atom is 0.412 e. The number of amides is 1. The molecule has 8 nitrogen and oxygen atoms in total. The molecule has 0 aromatic heterocycles. The van der Waals surface area contributed by atoms with Crippen LogP contribution in [-0.2, 0) is 9.53 Å². The molecule has 0 saturated carbocycles. The number of carboxylic acids is 1. The van der Waals surface area contributed by atoms with E-state index >= 15 is 0 Å². The molecule has 1 aliphatic heterocycles. The highest BCUT2D eigenvalue weighted by Gasteiger charge is 2.21. The molecule has 0 aliphatic carbocycles. The third kappa shape index (κ3) is 8.90. The number of hydrogen-bond donors (Lipinski definition) is 4. The number of halogens is 1. The van der Waals surface area contributed by atoms with Crippen LogP contribution in [0.25, 0.3) is 0 Å². The summed E-state index contributed by atoms with van der Waals surface area (Å²) in [6.07, 6.45) is 1.82. The lowest BCUT2D eigenvalue weighted by Crippen LogP contribution is -2.41. The lowest BCUT2D eigenvalue weighted by atomic mass is 9.95. The second-order valence-electron chi connectivity index (χ2n) is 10.7. The van der Waals surface area contributed by atoms with E-state index in [9.17, 15) is 14.0 Å². The summed E-state index contributed by atoms with van der Waals surface area (Å²) in [7, 11) is 2.01. The van der Waals surface area contributed by atoms with Crippen LogP contribution in [-0.4, -0.2) is 55.5 Å². The van der Waals surface area contributed by atoms with Crippen molar-refractivity contribution in [2.75, 3.05) is 42.2 Å². The zero-order chi connectivity index (χ0) is 28.6. The molecular weight excluding hydrogens is 487 g/mol. The molecular formula is C29H43FN4O4. The minimum atomic E-state index is -0.921. The fourth-order valence-corrected chi connectivity index (χ4v) is 4.41. The number of hydrogen-bond acceptors (Lipinski definition) is 6. The van der Waals surface area contributed by atoms with Gasteiger partial charge in [-0.25, -0.2) is 9.18 Å². The zero-order valence-electron chi connectivity index (χ0n) is 23.9. The van der Waals surface area contributed by atoms with Gasteiger partial charge in [0.05, 0.1) is 5.69 Å². The molecule has 0 atom stereocenters. The highest BCUT2D eigenvalue weighted by molar-refractivity contribution is 5.89. The molecule has 4 N–H and O–H groups in total. The Labute approximate surface area is 225 Å². The van der Waals surface area contributed by atoms with Crippen molar-refractivity contribution >= 4 is 29.1 Å². The van der Waals surface area contributed by atoms with Gasteiger partial charge in [-0.05, 0) is 115 Å². The first-order chi connectivity index (χ1) is 17.7. The van der Waals surface area contributed by atoms with Crippen LogP contribution in [0.4, 0.5) is 26.2 Å². The van der Waals surface area contributed by atoms with Crippen molar-refractivity contribution in [1.82, 2.24) is 5.32 Å². The Balaban J connectivity index is 0.000000290. The maximum absolute atomic E-state index is 12.7. The van der Waals surface area contributed by atoms with Crippen LogP contribution < -0.4 is 20.9 Å². The fourth-order valence-electron chi connectivity index (χ4n) is 4.41. The quantitative estimate of drug-likeness (QED) is 0.376. The summed E-state index contributed by atoms with van der Waals surface area (Å²) in [4.78, 5) is 25.1. The molecule has 2 aromatic rings. The van der Waals surface area contributed by atoms with E-state index in [0.717, 1.165) is 59.6 Å². The topological polar surface area (TPSA) is 103 Å². The molecule has 210 valence electrons. The molecule has 9 heteroatoms. The second kappa shape index (κ2) is 13.5. The average Bonchev–Trinajstić information content (AvgIpc) is 2.85. The van der Waals surface area contributed by atoms with E-state index in [1.54, 1.807) is 0 Å². The molecule has 1 heterocycles. The Morgan fingerprint density at radius 1 is 0.974 bits per heavy atom. The standard InChI is InChI=1S/C17H26N2O4.C12H17FN2/c1-9-11(3)15(19-16(22)23-17(5,6)7)12(4)10(2)14(9)18-8-13(20)21;1-14-11-6-8-15(9-7-11)12-4-2-10(13)3-5-12/h18H,8H2,1-7H3,(H,19,22)(H,20,21);2-5,11,14H,6-9H2,1H3. The fraction of sp³-hybridized carbons (Fsp3) is 0.517. The number of benzene rings is 2. The van der Waals surface area contributed by atoms with Crippen LogP contribution in [0.5, 0.6) is 0 Å². The van der Waals surface area contributed by atoms with Gasteiger partial charge in [0.2, 0.25) is 0 Å². The van der Waals surface area contributed by atoms with Gasteiger partial charge >= 0.3 is 12.1 Å². The van der Waals surface area contributed by atoms with Crippen LogP contribution in [0.15, 0.2) is 24.3 Å². The van der Waals surface area contributed by atoms with Crippen molar-refractivity contribution in [3.63, 3.8) is 0 Å². The molecule has 1 fully saturated rings. The lowest BCUT2D eigenvalue weighted by molar-refractivity contribution is -0.134. The van der Waals surface area contributed by atoms with E-state index in [1.165, 1.54) is 12.1 Å². The van der Waals surface area contributed by atoms with Gasteiger partial charge in [-0.15, -0.1) is 0 Å². The van der Waals surface area contributed by atoms with E-state index in [-0.39, 0.29) is 12.4 Å². The Hall–Kier alpha value is -3.33. The number of piperidine rings is 1. The van der Waals surface area contributed by atoms with E-state index in [4.69, 9.17) is 9.84 Å². The number of carbonyl (C=O) groups is 2. The van der Waals surface area contributed by atoms with Crippen molar-refractivity contribution < 1.29 is 23.8 Å². The Morgan fingerprint density at radius 2 is 1.47 bits per heavy atom. The number of aliphatic carboxylic acids is 1. The first-order valence-electron chi connectivity index (χ1n) is 13.0. The molecule has 1 saturated heterocycles. The largest absolute Gasteiger partial charge is 0.480 e. The second-order valence-corrected chi connectivity index (χ2v) is 10.7. The van der Waals surface area contributed by atoms with Gasteiger partial charge in [0, 0.05) is 30.5 Å². The smallest absolute Gasteiger partial charge is 0.412 e. The van der Waals surface area contributed by atoms with Crippen LogP contribution in [0, 0.1) is 33.5 Å². The SMILES string of the molecule is CNC1CCN(c2ccc(F)cc2)CC1.Cc1c(C)c(NC(=O)OC(C)(C)C)c(C)c(C)c1NCC(=O)O. The van der Waals surface area contributed by atoms with Gasteiger partial charge < -0.3 is 25.4 Å². The van der Waals surface area contributed by atoms with Gasteiger partial charge in [-0.3, -0.25) is 10.1 Å². The number of ether oxygens (including phenoxy) is 1. The van der Waals surface area contributed by atoms with Crippen molar-refractivity contribution in [2.24, 2.45) is 0 Å². The number of rotatable bonds is 6. The van der Waals surface area contributed by atoms with Crippen LogP contribution >= 0.6 is 0 Å². The average molecular weight is 531 g/mol. The van der Waals surface area contributed by atoms with E-state index in [1.807, 2.05) is 67.6 Å². The first-order valence-corrected chi connectivity index (χ1v) is 13.0. The maximum atomic E-state index is 12.7. The summed E-state index contributed by atoms with van der Waals surface area (Å²) in [5, 5.41) is 17.9. The first kappa shape index (κ1) is 30.9. The van der Waals surface area contributed by atoms with Crippen molar-refractivity contribution in [3.05, 3.63) is 52.3 Å². The Morgan fingerprint density at radius 3 is 1.92 bits per heavy atom. The van der Waals surface area contributed by atoms with Crippen LogP contribution in [0.3, 0.4) is 0 Å². The summed E-state index contributed by atoms with van der Waals surface area (Å²) in [5.41, 5.74) is 5.62. The molecule has 1 amide bonds. The molecule has 1 aliphatic rings. The summed E-state index contributed by atoms with van der Waals surface area (Å²) in [6.45, 7) is 14.9. The normalized spacial score (nSPS) is 13.9. The van der Waals surface area contributed by atoms with E-state index in [0.29, 0.717) is 11.7 Å².